The third-order valence-electron chi connectivity index (χ3n) is 2.57. The van der Waals surface area contributed by atoms with Crippen LogP contribution in [0.15, 0.2) is 45.1 Å². The molecule has 5 heteroatoms. The van der Waals surface area contributed by atoms with E-state index in [0.29, 0.717) is 5.82 Å². The fourth-order valence-electron chi connectivity index (χ4n) is 1.58. The SMILES string of the molecule is Cc1cc(N=Nc2ccc(N(C)C)cc2)[n+](C)o1. The van der Waals surface area contributed by atoms with Gasteiger partial charge in [0.15, 0.2) is 5.76 Å². The van der Waals surface area contributed by atoms with Crippen molar-refractivity contribution < 1.29 is 9.26 Å². The Morgan fingerprint density at radius 2 is 1.78 bits per heavy atom. The summed E-state index contributed by atoms with van der Waals surface area (Å²) < 4.78 is 6.90. The Hall–Kier alpha value is -2.17. The molecule has 1 heterocycles. The molecular formula is C13H17N4O+. The highest BCUT2D eigenvalue weighted by atomic mass is 16.5. The fourth-order valence-corrected chi connectivity index (χ4v) is 1.58. The molecule has 0 saturated heterocycles. The van der Waals surface area contributed by atoms with Gasteiger partial charge in [0, 0.05) is 19.8 Å². The van der Waals surface area contributed by atoms with E-state index in [0.717, 1.165) is 17.1 Å². The smallest absolute Gasteiger partial charge is 0.378 e. The van der Waals surface area contributed by atoms with E-state index in [9.17, 15) is 0 Å². The van der Waals surface area contributed by atoms with Gasteiger partial charge in [0.1, 0.15) is 12.7 Å². The molecule has 0 saturated carbocycles. The first kappa shape index (κ1) is 12.3. The summed E-state index contributed by atoms with van der Waals surface area (Å²) in [5.41, 5.74) is 1.96. The van der Waals surface area contributed by atoms with Crippen LogP contribution >= 0.6 is 0 Å². The summed E-state index contributed by atoms with van der Waals surface area (Å²) in [7, 11) is 5.81. The first-order valence-corrected chi connectivity index (χ1v) is 5.72. The summed E-state index contributed by atoms with van der Waals surface area (Å²) in [6, 6.07) is 9.74. The number of azo groups is 1. The van der Waals surface area contributed by atoms with Crippen LogP contribution in [-0.2, 0) is 7.05 Å². The minimum absolute atomic E-state index is 0.698. The van der Waals surface area contributed by atoms with Gasteiger partial charge in [-0.15, -0.1) is 0 Å². The number of benzene rings is 1. The average molecular weight is 245 g/mol. The second-order valence-electron chi connectivity index (χ2n) is 4.31. The molecule has 1 aromatic carbocycles. The van der Waals surface area contributed by atoms with E-state index in [4.69, 9.17) is 4.52 Å². The maximum Gasteiger partial charge on any atom is 0.387 e. The van der Waals surface area contributed by atoms with Crippen molar-refractivity contribution in [3.8, 4) is 0 Å². The molecule has 0 aliphatic carbocycles. The van der Waals surface area contributed by atoms with Gasteiger partial charge in [-0.1, -0.05) is 4.74 Å². The van der Waals surface area contributed by atoms with Crippen molar-refractivity contribution in [3.05, 3.63) is 36.1 Å². The van der Waals surface area contributed by atoms with Crippen molar-refractivity contribution in [3.63, 3.8) is 0 Å². The lowest BCUT2D eigenvalue weighted by molar-refractivity contribution is -0.835. The maximum atomic E-state index is 5.31. The van der Waals surface area contributed by atoms with Crippen LogP contribution in [0, 0.1) is 6.92 Å². The molecule has 18 heavy (non-hydrogen) atoms. The zero-order chi connectivity index (χ0) is 13.1. The minimum Gasteiger partial charge on any atom is -0.378 e. The van der Waals surface area contributed by atoms with Gasteiger partial charge in [0.05, 0.1) is 11.2 Å². The lowest BCUT2D eigenvalue weighted by Gasteiger charge is -2.11. The van der Waals surface area contributed by atoms with Gasteiger partial charge < -0.3 is 9.42 Å². The van der Waals surface area contributed by atoms with Crippen LogP contribution in [-0.4, -0.2) is 14.1 Å². The van der Waals surface area contributed by atoms with E-state index in [1.807, 2.05) is 56.3 Å². The summed E-state index contributed by atoms with van der Waals surface area (Å²) in [5.74, 6) is 1.51. The van der Waals surface area contributed by atoms with Crippen LogP contribution in [0.5, 0.6) is 0 Å². The minimum atomic E-state index is 0.698. The van der Waals surface area contributed by atoms with Crippen LogP contribution in [0.4, 0.5) is 17.2 Å². The normalized spacial score (nSPS) is 11.1. The lowest BCUT2D eigenvalue weighted by atomic mass is 10.3. The quantitative estimate of drug-likeness (QED) is 0.616. The van der Waals surface area contributed by atoms with E-state index in [2.05, 4.69) is 10.2 Å². The molecule has 1 aromatic heterocycles. The monoisotopic (exact) mass is 245 g/mol. The molecule has 2 aromatic rings. The Morgan fingerprint density at radius 1 is 1.11 bits per heavy atom. The highest BCUT2D eigenvalue weighted by Crippen LogP contribution is 2.20. The number of rotatable bonds is 3. The zero-order valence-corrected chi connectivity index (χ0v) is 11.1. The van der Waals surface area contributed by atoms with Gasteiger partial charge >= 0.3 is 5.82 Å². The molecule has 2 rings (SSSR count). The van der Waals surface area contributed by atoms with Crippen molar-refractivity contribution in [2.75, 3.05) is 19.0 Å². The van der Waals surface area contributed by atoms with E-state index in [-0.39, 0.29) is 0 Å². The van der Waals surface area contributed by atoms with E-state index >= 15 is 0 Å². The predicted octanol–water partition coefficient (Wildman–Crippen LogP) is 2.89. The Morgan fingerprint density at radius 3 is 2.28 bits per heavy atom. The summed E-state index contributed by atoms with van der Waals surface area (Å²) in [6.07, 6.45) is 0. The number of anilines is 1. The first-order chi connectivity index (χ1) is 8.56. The predicted molar refractivity (Wildman–Crippen MR) is 69.6 cm³/mol. The van der Waals surface area contributed by atoms with Gasteiger partial charge in [-0.3, -0.25) is 0 Å². The first-order valence-electron chi connectivity index (χ1n) is 5.72. The maximum absolute atomic E-state index is 5.31. The molecule has 0 bridgehead atoms. The van der Waals surface area contributed by atoms with Gasteiger partial charge in [-0.2, -0.15) is 0 Å². The highest BCUT2D eigenvalue weighted by Gasteiger charge is 2.11. The Bertz CT molecular complexity index is 555. The van der Waals surface area contributed by atoms with Crippen molar-refractivity contribution >= 4 is 17.2 Å². The molecule has 0 atom stereocenters. The second kappa shape index (κ2) is 5.00. The number of aryl methyl sites for hydroxylation is 2. The van der Waals surface area contributed by atoms with Gasteiger partial charge in [-0.05, 0) is 36.3 Å². The number of hydrogen-bond donors (Lipinski definition) is 0. The Kier molecular flexibility index (Phi) is 3.41. The lowest BCUT2D eigenvalue weighted by Crippen LogP contribution is -2.24. The van der Waals surface area contributed by atoms with Gasteiger partial charge in [-0.25, -0.2) is 0 Å². The zero-order valence-electron chi connectivity index (χ0n) is 11.1. The van der Waals surface area contributed by atoms with Crippen molar-refractivity contribution in [2.45, 2.75) is 6.92 Å². The second-order valence-corrected chi connectivity index (χ2v) is 4.31. The van der Waals surface area contributed by atoms with E-state index in [1.54, 1.807) is 11.8 Å². The number of nitrogens with zero attached hydrogens (tertiary/aromatic N) is 4. The average Bonchev–Trinajstić information content (AvgIpc) is 2.66. The summed E-state index contributed by atoms with van der Waals surface area (Å²) in [6.45, 7) is 1.88. The van der Waals surface area contributed by atoms with Crippen LogP contribution in [0.25, 0.3) is 0 Å². The van der Waals surface area contributed by atoms with E-state index < -0.39 is 0 Å². The van der Waals surface area contributed by atoms with Crippen molar-refractivity contribution in [1.82, 2.24) is 0 Å². The molecule has 0 amide bonds. The van der Waals surface area contributed by atoms with E-state index in [1.165, 1.54) is 0 Å². The molecule has 0 N–H and O–H groups in total. The van der Waals surface area contributed by atoms with Crippen molar-refractivity contribution in [2.24, 2.45) is 17.3 Å². The Labute approximate surface area is 106 Å². The van der Waals surface area contributed by atoms with Crippen LogP contribution < -0.4 is 9.64 Å². The molecule has 0 spiro atoms. The standard InChI is InChI=1S/C13H17N4O/c1-10-9-13(17(4)18-10)15-14-11-5-7-12(8-6-11)16(2)3/h5-9H,1-4H3/q+1. The number of aromatic nitrogens is 1. The molecule has 5 nitrogen and oxygen atoms in total. The molecule has 0 aliphatic heterocycles. The topological polar surface area (TPSA) is 45.0 Å². The Balaban J connectivity index is 2.16. The fraction of sp³-hybridized carbons (Fsp3) is 0.308. The van der Waals surface area contributed by atoms with Crippen molar-refractivity contribution in [1.29, 1.82) is 0 Å². The third kappa shape index (κ3) is 2.74. The summed E-state index contributed by atoms with van der Waals surface area (Å²) >= 11 is 0. The largest absolute Gasteiger partial charge is 0.387 e. The molecule has 0 radical (unpaired) electrons. The molecule has 0 unspecified atom stereocenters. The van der Waals surface area contributed by atoms with Gasteiger partial charge in [0.25, 0.3) is 0 Å². The molecule has 94 valence electrons. The molecule has 0 fully saturated rings. The van der Waals surface area contributed by atoms with Crippen LogP contribution in [0.2, 0.25) is 0 Å². The number of hydrogen-bond acceptors (Lipinski definition) is 4. The van der Waals surface area contributed by atoms with Gasteiger partial charge in [0.2, 0.25) is 0 Å². The molecular weight excluding hydrogens is 228 g/mol. The third-order valence-corrected chi connectivity index (χ3v) is 2.57. The summed E-state index contributed by atoms with van der Waals surface area (Å²) in [5, 5.41) is 8.33. The highest BCUT2D eigenvalue weighted by molar-refractivity contribution is 5.51. The molecule has 0 aliphatic rings. The van der Waals surface area contributed by atoms with Crippen LogP contribution in [0.1, 0.15) is 5.76 Å². The van der Waals surface area contributed by atoms with Crippen LogP contribution in [0.3, 0.4) is 0 Å². The summed E-state index contributed by atoms with van der Waals surface area (Å²) in [4.78, 5) is 2.04.